The van der Waals surface area contributed by atoms with Crippen LogP contribution in [0.4, 0.5) is 0 Å². The molecule has 1 saturated carbocycles. The monoisotopic (exact) mass is 473 g/mol. The van der Waals surface area contributed by atoms with Crippen LogP contribution in [0.2, 0.25) is 0 Å². The van der Waals surface area contributed by atoms with Crippen molar-refractivity contribution in [3.63, 3.8) is 0 Å². The molecular weight excluding hydrogens is 434 g/mol. The number of carbonyl (C=O) groups excluding carboxylic acids is 2. The van der Waals surface area contributed by atoms with E-state index in [0.717, 1.165) is 32.4 Å². The SMILES string of the molecule is CC(=O)C1N[C@@]2(C(=O)NCCc3ccccc3)C[C@@H]3CN(Cc4ccccc4)[C@@H]([C@H]13)[C@H]2CC(C)C. The highest BCUT2D eigenvalue weighted by molar-refractivity contribution is 5.90. The van der Waals surface area contributed by atoms with Crippen molar-refractivity contribution in [3.05, 3.63) is 71.8 Å². The van der Waals surface area contributed by atoms with Gasteiger partial charge in [0.2, 0.25) is 5.91 Å². The van der Waals surface area contributed by atoms with Gasteiger partial charge in [-0.25, -0.2) is 0 Å². The summed E-state index contributed by atoms with van der Waals surface area (Å²) in [6, 6.07) is 20.9. The Balaban J connectivity index is 1.43. The number of piperidine rings is 2. The quantitative estimate of drug-likeness (QED) is 0.581. The zero-order valence-electron chi connectivity index (χ0n) is 21.2. The molecule has 5 nitrogen and oxygen atoms in total. The summed E-state index contributed by atoms with van der Waals surface area (Å²) in [5.41, 5.74) is 1.83. The van der Waals surface area contributed by atoms with Gasteiger partial charge >= 0.3 is 0 Å². The van der Waals surface area contributed by atoms with Crippen molar-refractivity contribution in [1.29, 1.82) is 0 Å². The summed E-state index contributed by atoms with van der Waals surface area (Å²) in [5.74, 6) is 1.54. The summed E-state index contributed by atoms with van der Waals surface area (Å²) in [7, 11) is 0. The summed E-state index contributed by atoms with van der Waals surface area (Å²) < 4.78 is 0. The molecule has 186 valence electrons. The lowest BCUT2D eigenvalue weighted by molar-refractivity contribution is -0.146. The summed E-state index contributed by atoms with van der Waals surface area (Å²) >= 11 is 0. The van der Waals surface area contributed by atoms with E-state index in [9.17, 15) is 9.59 Å². The maximum absolute atomic E-state index is 14.0. The van der Waals surface area contributed by atoms with Crippen LogP contribution in [-0.4, -0.2) is 47.3 Å². The van der Waals surface area contributed by atoms with Crippen molar-refractivity contribution in [2.75, 3.05) is 13.1 Å². The highest BCUT2D eigenvalue weighted by Gasteiger charge is 2.68. The van der Waals surface area contributed by atoms with Crippen molar-refractivity contribution in [2.24, 2.45) is 23.7 Å². The van der Waals surface area contributed by atoms with E-state index in [1.807, 2.05) is 18.2 Å². The molecule has 3 aliphatic heterocycles. The minimum Gasteiger partial charge on any atom is -0.354 e. The molecule has 1 aliphatic carbocycles. The van der Waals surface area contributed by atoms with E-state index in [1.54, 1.807) is 6.92 Å². The summed E-state index contributed by atoms with van der Waals surface area (Å²) in [5, 5.41) is 6.95. The molecule has 1 amide bonds. The Morgan fingerprint density at radius 3 is 2.34 bits per heavy atom. The Labute approximate surface area is 209 Å². The maximum Gasteiger partial charge on any atom is 0.240 e. The third-order valence-electron chi connectivity index (χ3n) is 8.60. The Morgan fingerprint density at radius 2 is 1.71 bits per heavy atom. The number of Topliss-reactive ketones (excluding diaryl/α,β-unsaturated/α-hetero) is 1. The van der Waals surface area contributed by atoms with Crippen LogP contribution in [0.3, 0.4) is 0 Å². The molecule has 6 rings (SSSR count). The summed E-state index contributed by atoms with van der Waals surface area (Å²) in [4.78, 5) is 29.4. The molecule has 6 atom stereocenters. The molecule has 4 fully saturated rings. The van der Waals surface area contributed by atoms with Crippen molar-refractivity contribution in [1.82, 2.24) is 15.5 Å². The van der Waals surface area contributed by atoms with E-state index >= 15 is 0 Å². The second-order valence-electron chi connectivity index (χ2n) is 11.4. The predicted molar refractivity (Wildman–Crippen MR) is 139 cm³/mol. The number of amides is 1. The Bertz CT molecular complexity index is 1040. The van der Waals surface area contributed by atoms with E-state index in [1.165, 1.54) is 11.1 Å². The number of ketones is 1. The zero-order valence-corrected chi connectivity index (χ0v) is 21.2. The predicted octanol–water partition coefficient (Wildman–Crippen LogP) is 3.83. The number of nitrogens with one attached hydrogen (secondary N) is 2. The zero-order chi connectivity index (χ0) is 24.6. The molecular formula is C30H39N3O2. The second kappa shape index (κ2) is 9.87. The van der Waals surface area contributed by atoms with Crippen LogP contribution in [0.25, 0.3) is 0 Å². The van der Waals surface area contributed by atoms with E-state index in [-0.39, 0.29) is 35.6 Å². The topological polar surface area (TPSA) is 61.4 Å². The van der Waals surface area contributed by atoms with Crippen LogP contribution >= 0.6 is 0 Å². The van der Waals surface area contributed by atoms with Crippen LogP contribution in [0.5, 0.6) is 0 Å². The average Bonchev–Trinajstić information content (AvgIpc) is 3.15. The molecule has 0 radical (unpaired) electrons. The molecule has 2 aromatic rings. The van der Waals surface area contributed by atoms with Gasteiger partial charge in [0.1, 0.15) is 11.3 Å². The number of benzene rings is 2. The standard InChI is InChI=1S/C30H39N3O2/c1-20(2)16-25-28-26-24(19-33(28)18-23-12-8-5-9-13-23)17-30(25,32-27(26)21(3)34)29(35)31-15-14-22-10-6-4-7-11-22/h4-13,20,24-28,32H,14-19H2,1-3H3,(H,31,35)/t24-,25-,26+,27?,28-,30+/m1/s1. The normalized spacial score (nSPS) is 31.6. The fraction of sp³-hybridized carbons (Fsp3) is 0.533. The lowest BCUT2D eigenvalue weighted by Gasteiger charge is -2.59. The third-order valence-corrected chi connectivity index (χ3v) is 8.60. The minimum atomic E-state index is -0.688. The fourth-order valence-electron chi connectivity index (χ4n) is 7.31. The smallest absolute Gasteiger partial charge is 0.240 e. The van der Waals surface area contributed by atoms with Crippen LogP contribution < -0.4 is 10.6 Å². The summed E-state index contributed by atoms with van der Waals surface area (Å²) in [6.45, 7) is 8.64. The first-order valence-electron chi connectivity index (χ1n) is 13.3. The van der Waals surface area contributed by atoms with Gasteiger partial charge in [0.25, 0.3) is 0 Å². The molecule has 5 heteroatoms. The summed E-state index contributed by atoms with van der Waals surface area (Å²) in [6.07, 6.45) is 2.60. The van der Waals surface area contributed by atoms with E-state index in [4.69, 9.17) is 0 Å². The highest BCUT2D eigenvalue weighted by atomic mass is 16.2. The number of rotatable bonds is 9. The number of likely N-dealkylation sites (tertiary alicyclic amines) is 1. The molecule has 0 aromatic heterocycles. The van der Waals surface area contributed by atoms with Crippen molar-refractivity contribution in [2.45, 2.75) is 64.2 Å². The van der Waals surface area contributed by atoms with Gasteiger partial charge in [0, 0.05) is 37.5 Å². The number of hydrogen-bond acceptors (Lipinski definition) is 4. The molecule has 0 spiro atoms. The van der Waals surface area contributed by atoms with Gasteiger partial charge in [0.05, 0.1) is 6.04 Å². The number of fused-ring (bicyclic) bond motifs is 1. The molecule has 1 unspecified atom stereocenters. The van der Waals surface area contributed by atoms with Crippen molar-refractivity contribution in [3.8, 4) is 0 Å². The van der Waals surface area contributed by atoms with Gasteiger partial charge in [-0.2, -0.15) is 0 Å². The number of hydrogen-bond donors (Lipinski definition) is 2. The first-order valence-corrected chi connectivity index (χ1v) is 13.3. The van der Waals surface area contributed by atoms with Crippen molar-refractivity contribution < 1.29 is 9.59 Å². The first kappa shape index (κ1) is 24.2. The molecule has 2 aromatic carbocycles. The van der Waals surface area contributed by atoms with E-state index in [2.05, 4.69) is 71.8 Å². The lowest BCUT2D eigenvalue weighted by atomic mass is 9.55. The van der Waals surface area contributed by atoms with Gasteiger partial charge in [0.15, 0.2) is 0 Å². The fourth-order valence-corrected chi connectivity index (χ4v) is 7.31. The Kier molecular flexibility index (Phi) is 6.82. The van der Waals surface area contributed by atoms with E-state index in [0.29, 0.717) is 18.4 Å². The van der Waals surface area contributed by atoms with E-state index < -0.39 is 5.54 Å². The molecule has 3 heterocycles. The highest BCUT2D eigenvalue weighted by Crippen LogP contribution is 2.56. The minimum absolute atomic E-state index is 0.0834. The number of carbonyl (C=O) groups is 2. The molecule has 4 bridgehead atoms. The first-order chi connectivity index (χ1) is 16.9. The third kappa shape index (κ3) is 4.56. The molecule has 3 saturated heterocycles. The van der Waals surface area contributed by atoms with Gasteiger partial charge in [-0.05, 0) is 49.1 Å². The van der Waals surface area contributed by atoms with Gasteiger partial charge in [-0.15, -0.1) is 0 Å². The largest absolute Gasteiger partial charge is 0.354 e. The molecule has 4 aliphatic rings. The Hall–Kier alpha value is -2.50. The van der Waals surface area contributed by atoms with Crippen LogP contribution in [0.15, 0.2) is 60.7 Å². The number of nitrogens with zero attached hydrogens (tertiary/aromatic N) is 1. The van der Waals surface area contributed by atoms with Crippen LogP contribution in [0, 0.1) is 23.7 Å². The van der Waals surface area contributed by atoms with Gasteiger partial charge in [-0.1, -0.05) is 74.5 Å². The maximum atomic E-state index is 14.0. The van der Waals surface area contributed by atoms with Crippen molar-refractivity contribution >= 4 is 11.7 Å². The van der Waals surface area contributed by atoms with Crippen LogP contribution in [-0.2, 0) is 22.6 Å². The molecule has 35 heavy (non-hydrogen) atoms. The second-order valence-corrected chi connectivity index (χ2v) is 11.4. The molecule has 2 N–H and O–H groups in total. The lowest BCUT2D eigenvalue weighted by Crippen LogP contribution is -2.78. The van der Waals surface area contributed by atoms with Crippen LogP contribution in [0.1, 0.15) is 44.7 Å². The van der Waals surface area contributed by atoms with Gasteiger partial charge < -0.3 is 5.32 Å². The average molecular weight is 474 g/mol. The Morgan fingerprint density at radius 1 is 1.06 bits per heavy atom. The van der Waals surface area contributed by atoms with Gasteiger partial charge in [-0.3, -0.25) is 19.8 Å².